The molecule has 1 aliphatic heterocycles. The van der Waals surface area contributed by atoms with Gasteiger partial charge < -0.3 is 18.8 Å². The summed E-state index contributed by atoms with van der Waals surface area (Å²) < 4.78 is 22.8. The number of nitrogens with zero attached hydrogens (tertiary/aromatic N) is 1. The molecule has 2 aromatic rings. The normalized spacial score (nSPS) is 26.4. The van der Waals surface area contributed by atoms with Gasteiger partial charge in [0.15, 0.2) is 0 Å². The highest BCUT2D eigenvalue weighted by Gasteiger charge is 2.53. The van der Waals surface area contributed by atoms with E-state index in [4.69, 9.17) is 35.4 Å². The summed E-state index contributed by atoms with van der Waals surface area (Å²) in [4.78, 5) is 30.7. The predicted molar refractivity (Wildman–Crippen MR) is 149 cm³/mol. The van der Waals surface area contributed by atoms with E-state index in [0.29, 0.717) is 27.0 Å². The molecule has 0 radical (unpaired) electrons. The number of halogens is 1. The van der Waals surface area contributed by atoms with Crippen molar-refractivity contribution in [1.82, 2.24) is 4.98 Å². The van der Waals surface area contributed by atoms with Crippen LogP contribution in [0.5, 0.6) is 0 Å². The van der Waals surface area contributed by atoms with Crippen molar-refractivity contribution in [2.75, 3.05) is 14.2 Å². The zero-order valence-corrected chi connectivity index (χ0v) is 24.6. The van der Waals surface area contributed by atoms with Crippen LogP contribution < -0.4 is 5.46 Å². The number of hydrogen-bond acceptors (Lipinski definition) is 7. The van der Waals surface area contributed by atoms with Gasteiger partial charge in [0, 0.05) is 16.5 Å². The monoisotopic (exact) mass is 543 g/mol. The SMILES string of the molecule is CCCC1(C(=O)OC)CCC(C)(c2ccc3c(C(=O)OC)c(B4OC(C)(C)C(C)(C)O4)cc(Cl)c3n2)CC1. The number of methoxy groups -OCH3 is 2. The van der Waals surface area contributed by atoms with Gasteiger partial charge in [-0.1, -0.05) is 37.9 Å². The highest BCUT2D eigenvalue weighted by atomic mass is 35.5. The Kier molecular flexibility index (Phi) is 7.67. The van der Waals surface area contributed by atoms with Crippen molar-refractivity contribution in [3.63, 3.8) is 0 Å². The minimum absolute atomic E-state index is 0.117. The topological polar surface area (TPSA) is 84.0 Å². The van der Waals surface area contributed by atoms with Crippen LogP contribution in [0.15, 0.2) is 18.2 Å². The molecule has 0 bridgehead atoms. The highest BCUT2D eigenvalue weighted by Crippen LogP contribution is 2.49. The van der Waals surface area contributed by atoms with Gasteiger partial charge in [0.25, 0.3) is 0 Å². The van der Waals surface area contributed by atoms with E-state index in [2.05, 4.69) is 13.8 Å². The van der Waals surface area contributed by atoms with E-state index < -0.39 is 29.7 Å². The molecule has 206 valence electrons. The molecule has 0 atom stereocenters. The van der Waals surface area contributed by atoms with Crippen LogP contribution in [0, 0.1) is 5.41 Å². The molecule has 1 aliphatic carbocycles. The molecule has 9 heteroatoms. The summed E-state index contributed by atoms with van der Waals surface area (Å²) in [6.07, 6.45) is 4.83. The van der Waals surface area contributed by atoms with Crippen LogP contribution >= 0.6 is 11.6 Å². The minimum Gasteiger partial charge on any atom is -0.469 e. The Morgan fingerprint density at radius 3 is 2.13 bits per heavy atom. The molecule has 0 unspecified atom stereocenters. The lowest BCUT2D eigenvalue weighted by Gasteiger charge is -2.43. The van der Waals surface area contributed by atoms with E-state index in [9.17, 15) is 9.59 Å². The number of esters is 2. The second kappa shape index (κ2) is 10.1. The second-order valence-corrected chi connectivity index (χ2v) is 12.5. The summed E-state index contributed by atoms with van der Waals surface area (Å²) in [5, 5.41) is 1.00. The fourth-order valence-electron chi connectivity index (χ4n) is 5.89. The van der Waals surface area contributed by atoms with Gasteiger partial charge in [-0.2, -0.15) is 0 Å². The first-order chi connectivity index (χ1) is 17.7. The smallest absolute Gasteiger partial charge is 0.469 e. The number of rotatable bonds is 6. The van der Waals surface area contributed by atoms with E-state index in [1.54, 1.807) is 6.07 Å². The van der Waals surface area contributed by atoms with Gasteiger partial charge in [-0.25, -0.2) is 4.79 Å². The Morgan fingerprint density at radius 1 is 1.00 bits per heavy atom. The number of carbonyl (C=O) groups excluding carboxylic acids is 2. The molecule has 0 N–H and O–H groups in total. The largest absolute Gasteiger partial charge is 0.495 e. The molecule has 1 aromatic heterocycles. The number of ether oxygens (including phenoxy) is 2. The molecule has 4 rings (SSSR count). The molecule has 1 aromatic carbocycles. The molecule has 2 fully saturated rings. The zero-order valence-electron chi connectivity index (χ0n) is 23.8. The Labute approximate surface area is 231 Å². The number of carbonyl (C=O) groups is 2. The summed E-state index contributed by atoms with van der Waals surface area (Å²) in [6.45, 7) is 12.1. The van der Waals surface area contributed by atoms with Crippen LogP contribution in [-0.2, 0) is 29.0 Å². The standard InChI is InChI=1S/C29H39BClNO6/c1-9-12-29(25(34)36-8)15-13-28(6,14-16-29)21-11-10-18-22(24(33)35-7)19(17-20(31)23(18)32-21)30-37-26(2,3)27(4,5)38-30/h10-11,17H,9,12-16H2,1-8H3. The van der Waals surface area contributed by atoms with Gasteiger partial charge >= 0.3 is 19.1 Å². The first-order valence-corrected chi connectivity index (χ1v) is 13.8. The van der Waals surface area contributed by atoms with Crippen LogP contribution in [0.25, 0.3) is 10.9 Å². The number of pyridine rings is 1. The molecular formula is C29H39BClNO6. The molecule has 2 heterocycles. The van der Waals surface area contributed by atoms with Crippen molar-refractivity contribution in [3.05, 3.63) is 34.5 Å². The van der Waals surface area contributed by atoms with Crippen molar-refractivity contribution in [3.8, 4) is 0 Å². The third-order valence-electron chi connectivity index (χ3n) is 9.13. The van der Waals surface area contributed by atoms with Crippen LogP contribution in [0.4, 0.5) is 0 Å². The summed E-state index contributed by atoms with van der Waals surface area (Å²) in [5.74, 6) is -0.619. The molecule has 2 aliphatic rings. The van der Waals surface area contributed by atoms with Crippen LogP contribution in [0.1, 0.15) is 96.1 Å². The number of benzene rings is 1. The molecular weight excluding hydrogens is 505 g/mol. The predicted octanol–water partition coefficient (Wildman–Crippen LogP) is 5.77. The van der Waals surface area contributed by atoms with E-state index in [-0.39, 0.29) is 11.4 Å². The maximum atomic E-state index is 13.1. The Morgan fingerprint density at radius 2 is 1.61 bits per heavy atom. The van der Waals surface area contributed by atoms with E-state index in [1.807, 2.05) is 39.8 Å². The first kappa shape index (κ1) is 28.8. The van der Waals surface area contributed by atoms with Crippen molar-refractivity contribution in [2.24, 2.45) is 5.41 Å². The van der Waals surface area contributed by atoms with Crippen molar-refractivity contribution in [2.45, 2.75) is 96.7 Å². The quantitative estimate of drug-likeness (QED) is 0.338. The van der Waals surface area contributed by atoms with Crippen molar-refractivity contribution < 1.29 is 28.4 Å². The number of hydrogen-bond donors (Lipinski definition) is 0. The second-order valence-electron chi connectivity index (χ2n) is 12.1. The van der Waals surface area contributed by atoms with Crippen LogP contribution in [-0.4, -0.2) is 49.5 Å². The Balaban J connectivity index is 1.75. The average Bonchev–Trinajstić information content (AvgIpc) is 3.10. The Hall–Kier alpha value is -2.16. The zero-order chi connectivity index (χ0) is 28.1. The number of fused-ring (bicyclic) bond motifs is 1. The summed E-state index contributed by atoms with van der Waals surface area (Å²) in [5.41, 5.74) is 0.444. The molecule has 38 heavy (non-hydrogen) atoms. The fraction of sp³-hybridized carbons (Fsp3) is 0.621. The van der Waals surface area contributed by atoms with E-state index in [0.717, 1.165) is 44.2 Å². The molecule has 0 amide bonds. The number of aromatic nitrogens is 1. The molecule has 0 spiro atoms. The summed E-state index contributed by atoms with van der Waals surface area (Å²) >= 11 is 6.82. The maximum Gasteiger partial charge on any atom is 0.495 e. The lowest BCUT2D eigenvalue weighted by atomic mass is 9.61. The summed E-state index contributed by atoms with van der Waals surface area (Å²) in [6, 6.07) is 5.57. The van der Waals surface area contributed by atoms with E-state index >= 15 is 0 Å². The first-order valence-electron chi connectivity index (χ1n) is 13.4. The summed E-state index contributed by atoms with van der Waals surface area (Å²) in [7, 11) is 2.04. The Bertz CT molecular complexity index is 1240. The average molecular weight is 544 g/mol. The van der Waals surface area contributed by atoms with Gasteiger partial charge in [0.2, 0.25) is 0 Å². The van der Waals surface area contributed by atoms with Crippen LogP contribution in [0.3, 0.4) is 0 Å². The van der Waals surface area contributed by atoms with Crippen molar-refractivity contribution in [1.29, 1.82) is 0 Å². The lowest BCUT2D eigenvalue weighted by molar-refractivity contribution is -0.156. The van der Waals surface area contributed by atoms with Gasteiger partial charge in [-0.3, -0.25) is 9.78 Å². The van der Waals surface area contributed by atoms with Gasteiger partial charge in [-0.15, -0.1) is 0 Å². The van der Waals surface area contributed by atoms with E-state index in [1.165, 1.54) is 14.2 Å². The fourth-order valence-corrected chi connectivity index (χ4v) is 6.15. The highest BCUT2D eigenvalue weighted by molar-refractivity contribution is 6.64. The minimum atomic E-state index is -0.781. The molecule has 1 saturated heterocycles. The van der Waals surface area contributed by atoms with Gasteiger partial charge in [-0.05, 0) is 77.4 Å². The van der Waals surface area contributed by atoms with Crippen LogP contribution in [0.2, 0.25) is 5.02 Å². The third-order valence-corrected chi connectivity index (χ3v) is 9.42. The third kappa shape index (κ3) is 4.73. The molecule has 1 saturated carbocycles. The van der Waals surface area contributed by atoms with Crippen molar-refractivity contribution >= 4 is 47.0 Å². The maximum absolute atomic E-state index is 13.1. The lowest BCUT2D eigenvalue weighted by Crippen LogP contribution is -2.41. The van der Waals surface area contributed by atoms with Gasteiger partial charge in [0.05, 0.1) is 46.9 Å². The van der Waals surface area contributed by atoms with Gasteiger partial charge in [0.1, 0.15) is 0 Å². The molecule has 7 nitrogen and oxygen atoms in total.